The first-order valence-electron chi connectivity index (χ1n) is 10.1. The predicted octanol–water partition coefficient (Wildman–Crippen LogP) is 4.00. The number of fused-ring (bicyclic) bond motifs is 1. The topological polar surface area (TPSA) is 46.8 Å². The SMILES string of the molecule is CCc1nc2c(OC)cccn2c1C(=O)N1CCC(Cc2ccccc2)CC1. The molecule has 1 aliphatic heterocycles. The minimum Gasteiger partial charge on any atom is -0.493 e. The van der Waals surface area contributed by atoms with Crippen molar-refractivity contribution in [1.82, 2.24) is 14.3 Å². The van der Waals surface area contributed by atoms with Gasteiger partial charge in [-0.25, -0.2) is 4.98 Å². The zero-order valence-electron chi connectivity index (χ0n) is 16.6. The largest absolute Gasteiger partial charge is 0.493 e. The summed E-state index contributed by atoms with van der Waals surface area (Å²) in [5.41, 5.74) is 3.61. The highest BCUT2D eigenvalue weighted by molar-refractivity contribution is 5.95. The van der Waals surface area contributed by atoms with Crippen LogP contribution in [0.1, 0.15) is 41.5 Å². The summed E-state index contributed by atoms with van der Waals surface area (Å²) in [6.45, 7) is 3.64. The lowest BCUT2D eigenvalue weighted by Crippen LogP contribution is -2.39. The van der Waals surface area contributed by atoms with E-state index in [0.29, 0.717) is 23.0 Å². The molecule has 5 nitrogen and oxygen atoms in total. The number of aryl methyl sites for hydroxylation is 1. The van der Waals surface area contributed by atoms with Crippen LogP contribution in [0.5, 0.6) is 5.75 Å². The molecule has 4 rings (SSSR count). The molecule has 28 heavy (non-hydrogen) atoms. The van der Waals surface area contributed by atoms with Gasteiger partial charge in [0, 0.05) is 19.3 Å². The Labute approximate surface area is 166 Å². The zero-order chi connectivity index (χ0) is 19.5. The molecule has 0 atom stereocenters. The smallest absolute Gasteiger partial charge is 0.272 e. The molecule has 146 valence electrons. The second kappa shape index (κ2) is 8.05. The highest BCUT2D eigenvalue weighted by atomic mass is 16.5. The number of benzene rings is 1. The molecule has 0 aliphatic carbocycles. The lowest BCUT2D eigenvalue weighted by Gasteiger charge is -2.32. The maximum absolute atomic E-state index is 13.3. The number of carbonyl (C=O) groups excluding carboxylic acids is 1. The molecule has 0 N–H and O–H groups in total. The van der Waals surface area contributed by atoms with E-state index in [1.165, 1.54) is 5.56 Å². The number of nitrogens with zero attached hydrogens (tertiary/aromatic N) is 3. The van der Waals surface area contributed by atoms with E-state index in [2.05, 4.69) is 35.3 Å². The number of carbonyl (C=O) groups is 1. The number of ether oxygens (including phenoxy) is 1. The number of hydrogen-bond acceptors (Lipinski definition) is 3. The van der Waals surface area contributed by atoms with E-state index < -0.39 is 0 Å². The summed E-state index contributed by atoms with van der Waals surface area (Å²) in [6.07, 6.45) is 5.80. The molecule has 0 radical (unpaired) electrons. The van der Waals surface area contributed by atoms with Crippen molar-refractivity contribution in [2.45, 2.75) is 32.6 Å². The molecule has 0 saturated carbocycles. The van der Waals surface area contributed by atoms with Gasteiger partial charge in [0.15, 0.2) is 11.4 Å². The lowest BCUT2D eigenvalue weighted by atomic mass is 9.90. The van der Waals surface area contributed by atoms with Crippen molar-refractivity contribution in [3.63, 3.8) is 0 Å². The highest BCUT2D eigenvalue weighted by Gasteiger charge is 2.28. The number of methoxy groups -OCH3 is 1. The number of piperidine rings is 1. The normalized spacial score (nSPS) is 15.1. The van der Waals surface area contributed by atoms with E-state index in [-0.39, 0.29) is 5.91 Å². The van der Waals surface area contributed by atoms with Crippen molar-refractivity contribution >= 4 is 11.6 Å². The van der Waals surface area contributed by atoms with Crippen LogP contribution in [0, 0.1) is 5.92 Å². The van der Waals surface area contributed by atoms with Gasteiger partial charge in [0.1, 0.15) is 5.69 Å². The van der Waals surface area contributed by atoms with Gasteiger partial charge in [0.25, 0.3) is 5.91 Å². The summed E-state index contributed by atoms with van der Waals surface area (Å²) < 4.78 is 7.31. The Bertz CT molecular complexity index is 957. The summed E-state index contributed by atoms with van der Waals surface area (Å²) in [5.74, 6) is 1.41. The van der Waals surface area contributed by atoms with Crippen LogP contribution in [0.4, 0.5) is 0 Å². The van der Waals surface area contributed by atoms with Gasteiger partial charge in [-0.05, 0) is 49.3 Å². The molecular weight excluding hydrogens is 350 g/mol. The molecule has 1 fully saturated rings. The third kappa shape index (κ3) is 3.49. The Hall–Kier alpha value is -2.82. The van der Waals surface area contributed by atoms with E-state index in [4.69, 9.17) is 4.74 Å². The van der Waals surface area contributed by atoms with E-state index >= 15 is 0 Å². The summed E-state index contributed by atoms with van der Waals surface area (Å²) in [4.78, 5) is 20.0. The molecular formula is C23H27N3O2. The predicted molar refractivity (Wildman–Crippen MR) is 110 cm³/mol. The van der Waals surface area contributed by atoms with E-state index in [0.717, 1.165) is 44.5 Å². The van der Waals surface area contributed by atoms with Crippen molar-refractivity contribution in [2.24, 2.45) is 5.92 Å². The van der Waals surface area contributed by atoms with Gasteiger partial charge < -0.3 is 9.64 Å². The highest BCUT2D eigenvalue weighted by Crippen LogP contribution is 2.26. The summed E-state index contributed by atoms with van der Waals surface area (Å²) in [7, 11) is 1.63. The first-order valence-corrected chi connectivity index (χ1v) is 10.1. The third-order valence-corrected chi connectivity index (χ3v) is 5.71. The summed E-state index contributed by atoms with van der Waals surface area (Å²) in [6, 6.07) is 14.4. The minimum atomic E-state index is 0.0794. The van der Waals surface area contributed by atoms with Crippen LogP contribution >= 0.6 is 0 Å². The van der Waals surface area contributed by atoms with Crippen LogP contribution in [0.15, 0.2) is 48.7 Å². The second-order valence-corrected chi connectivity index (χ2v) is 7.46. The number of pyridine rings is 1. The molecule has 5 heteroatoms. The Kier molecular flexibility index (Phi) is 5.33. The molecule has 3 aromatic rings. The first kappa shape index (κ1) is 18.5. The molecule has 1 aromatic carbocycles. The van der Waals surface area contributed by atoms with Crippen LogP contribution < -0.4 is 4.74 Å². The molecule has 1 aliphatic rings. The van der Waals surface area contributed by atoms with Gasteiger partial charge in [-0.2, -0.15) is 0 Å². The zero-order valence-corrected chi connectivity index (χ0v) is 16.6. The lowest BCUT2D eigenvalue weighted by molar-refractivity contribution is 0.0682. The fourth-order valence-electron chi connectivity index (χ4n) is 4.16. The van der Waals surface area contributed by atoms with E-state index in [9.17, 15) is 4.79 Å². The van der Waals surface area contributed by atoms with E-state index in [1.54, 1.807) is 7.11 Å². The third-order valence-electron chi connectivity index (χ3n) is 5.71. The Morgan fingerprint density at radius 2 is 1.89 bits per heavy atom. The van der Waals surface area contributed by atoms with Gasteiger partial charge in [-0.1, -0.05) is 37.3 Å². The second-order valence-electron chi connectivity index (χ2n) is 7.46. The van der Waals surface area contributed by atoms with Crippen molar-refractivity contribution < 1.29 is 9.53 Å². The average molecular weight is 377 g/mol. The standard InChI is InChI=1S/C23H27N3O2/c1-3-19-21(26-13-7-10-20(28-2)22(26)24-19)23(27)25-14-11-18(12-15-25)16-17-8-5-4-6-9-17/h4-10,13,18H,3,11-12,14-16H2,1-2H3. The molecule has 0 unspecified atom stereocenters. The number of likely N-dealkylation sites (tertiary alicyclic amines) is 1. The fraction of sp³-hybridized carbons (Fsp3) is 0.391. The van der Waals surface area contributed by atoms with Gasteiger partial charge in [0.2, 0.25) is 0 Å². The van der Waals surface area contributed by atoms with Crippen LogP contribution in [-0.4, -0.2) is 40.4 Å². The molecule has 3 heterocycles. The quantitative estimate of drug-likeness (QED) is 0.675. The van der Waals surface area contributed by atoms with Crippen LogP contribution in [0.3, 0.4) is 0 Å². The number of hydrogen-bond donors (Lipinski definition) is 0. The Morgan fingerprint density at radius 3 is 2.57 bits per heavy atom. The van der Waals surface area contributed by atoms with Gasteiger partial charge in [-0.15, -0.1) is 0 Å². The molecule has 2 aromatic heterocycles. The summed E-state index contributed by atoms with van der Waals surface area (Å²) >= 11 is 0. The number of aromatic nitrogens is 2. The van der Waals surface area contributed by atoms with Gasteiger partial charge in [0.05, 0.1) is 12.8 Å². The molecule has 0 spiro atoms. The maximum Gasteiger partial charge on any atom is 0.272 e. The Morgan fingerprint density at radius 1 is 1.14 bits per heavy atom. The maximum atomic E-state index is 13.3. The van der Waals surface area contributed by atoms with Crippen LogP contribution in [0.2, 0.25) is 0 Å². The number of amides is 1. The first-order chi connectivity index (χ1) is 13.7. The van der Waals surface area contributed by atoms with Gasteiger partial charge in [-0.3, -0.25) is 9.20 Å². The van der Waals surface area contributed by atoms with E-state index in [1.807, 2.05) is 34.6 Å². The molecule has 0 bridgehead atoms. The Balaban J connectivity index is 1.51. The fourth-order valence-corrected chi connectivity index (χ4v) is 4.16. The molecule has 1 saturated heterocycles. The van der Waals surface area contributed by atoms with Crippen LogP contribution in [0.25, 0.3) is 5.65 Å². The molecule has 1 amide bonds. The van der Waals surface area contributed by atoms with Crippen molar-refractivity contribution in [3.8, 4) is 5.75 Å². The van der Waals surface area contributed by atoms with Crippen molar-refractivity contribution in [1.29, 1.82) is 0 Å². The average Bonchev–Trinajstić information content (AvgIpc) is 3.13. The minimum absolute atomic E-state index is 0.0794. The van der Waals surface area contributed by atoms with Crippen molar-refractivity contribution in [2.75, 3.05) is 20.2 Å². The van der Waals surface area contributed by atoms with Crippen molar-refractivity contribution in [3.05, 3.63) is 65.6 Å². The van der Waals surface area contributed by atoms with Gasteiger partial charge >= 0.3 is 0 Å². The van der Waals surface area contributed by atoms with Crippen LogP contribution in [-0.2, 0) is 12.8 Å². The monoisotopic (exact) mass is 377 g/mol. The number of imidazole rings is 1. The summed E-state index contributed by atoms with van der Waals surface area (Å²) in [5, 5.41) is 0. The number of rotatable bonds is 5.